The molecular weight excluding hydrogens is 323 g/mol. The largest absolute Gasteiger partial charge is 0.493 e. The Morgan fingerprint density at radius 2 is 1.71 bits per heavy atom. The zero-order chi connectivity index (χ0) is 17.5. The second kappa shape index (κ2) is 8.24. The molecule has 2 aromatic rings. The molecule has 0 atom stereocenters. The highest BCUT2D eigenvalue weighted by Gasteiger charge is 2.19. The molecule has 4 nitrogen and oxygen atoms in total. The molecule has 0 aliphatic heterocycles. The van der Waals surface area contributed by atoms with Crippen molar-refractivity contribution in [1.82, 2.24) is 0 Å². The Balaban J connectivity index is 1.77. The fraction of sp³-hybridized carbons (Fsp3) is 0.235. The Bertz CT molecular complexity index is 722. The molecule has 0 saturated heterocycles. The van der Waals surface area contributed by atoms with Gasteiger partial charge in [-0.3, -0.25) is 4.79 Å². The molecule has 0 unspecified atom stereocenters. The first-order valence-electron chi connectivity index (χ1n) is 7.28. The summed E-state index contributed by atoms with van der Waals surface area (Å²) in [6.45, 7) is 0.485. The number of carbonyl (C=O) groups is 1. The minimum atomic E-state index is -1.20. The summed E-state index contributed by atoms with van der Waals surface area (Å²) in [4.78, 5) is 11.0. The van der Waals surface area contributed by atoms with Crippen molar-refractivity contribution in [2.24, 2.45) is 5.73 Å². The third-order valence-electron chi connectivity index (χ3n) is 3.16. The molecule has 0 heterocycles. The van der Waals surface area contributed by atoms with Crippen LogP contribution in [0.2, 0.25) is 0 Å². The van der Waals surface area contributed by atoms with Crippen LogP contribution in [0.1, 0.15) is 23.2 Å². The molecule has 24 heavy (non-hydrogen) atoms. The molecule has 7 heteroatoms. The van der Waals surface area contributed by atoms with Crippen LogP contribution in [0.3, 0.4) is 0 Å². The summed E-state index contributed by atoms with van der Waals surface area (Å²) >= 11 is 0. The molecular formula is C17H16F3NO3. The highest BCUT2D eigenvalue weighted by molar-refractivity contribution is 5.93. The van der Waals surface area contributed by atoms with Gasteiger partial charge in [0, 0.05) is 6.07 Å². The lowest BCUT2D eigenvalue weighted by atomic mass is 10.1. The number of carbonyl (C=O) groups excluding carboxylic acids is 1. The molecule has 0 spiro atoms. The van der Waals surface area contributed by atoms with Crippen LogP contribution in [0.25, 0.3) is 0 Å². The lowest BCUT2D eigenvalue weighted by molar-refractivity contribution is 0.0991. The van der Waals surface area contributed by atoms with Crippen LogP contribution < -0.4 is 15.2 Å². The van der Waals surface area contributed by atoms with Crippen LogP contribution in [0.4, 0.5) is 13.2 Å². The van der Waals surface area contributed by atoms with Crippen LogP contribution in [-0.2, 0) is 0 Å². The van der Waals surface area contributed by atoms with E-state index in [0.29, 0.717) is 25.2 Å². The topological polar surface area (TPSA) is 61.6 Å². The third-order valence-corrected chi connectivity index (χ3v) is 3.16. The van der Waals surface area contributed by atoms with Crippen molar-refractivity contribution in [2.45, 2.75) is 12.8 Å². The Kier molecular flexibility index (Phi) is 6.06. The Hall–Kier alpha value is -2.70. The fourth-order valence-electron chi connectivity index (χ4n) is 2.00. The van der Waals surface area contributed by atoms with Crippen molar-refractivity contribution in [1.29, 1.82) is 0 Å². The van der Waals surface area contributed by atoms with Crippen LogP contribution in [-0.4, -0.2) is 19.1 Å². The average Bonchev–Trinajstić information content (AvgIpc) is 2.52. The Morgan fingerprint density at radius 3 is 2.38 bits per heavy atom. The number of amides is 1. The number of halogens is 3. The van der Waals surface area contributed by atoms with E-state index in [9.17, 15) is 18.0 Å². The summed E-state index contributed by atoms with van der Waals surface area (Å²) in [5, 5.41) is 0. The van der Waals surface area contributed by atoms with Gasteiger partial charge >= 0.3 is 0 Å². The molecule has 128 valence electrons. The number of hydrogen-bond donors (Lipinski definition) is 1. The van der Waals surface area contributed by atoms with Gasteiger partial charge in [-0.25, -0.2) is 13.2 Å². The summed E-state index contributed by atoms with van der Waals surface area (Å²) < 4.78 is 50.7. The van der Waals surface area contributed by atoms with Gasteiger partial charge in [0.15, 0.2) is 11.6 Å². The second-order valence-corrected chi connectivity index (χ2v) is 4.96. The lowest BCUT2D eigenvalue weighted by Crippen LogP contribution is -2.16. The van der Waals surface area contributed by atoms with Crippen LogP contribution >= 0.6 is 0 Å². The summed E-state index contributed by atoms with van der Waals surface area (Å²) in [7, 11) is 0. The number of ether oxygens (including phenoxy) is 2. The molecule has 0 radical (unpaired) electrons. The van der Waals surface area contributed by atoms with Gasteiger partial charge in [-0.15, -0.1) is 0 Å². The number of rotatable bonds is 8. The number of nitrogens with two attached hydrogens (primary N) is 1. The maximum absolute atomic E-state index is 13.9. The highest BCUT2D eigenvalue weighted by Crippen LogP contribution is 2.23. The van der Waals surface area contributed by atoms with Gasteiger partial charge in [0.2, 0.25) is 0 Å². The highest BCUT2D eigenvalue weighted by atomic mass is 19.1. The first-order chi connectivity index (χ1) is 11.5. The van der Waals surface area contributed by atoms with Gasteiger partial charge < -0.3 is 15.2 Å². The minimum Gasteiger partial charge on any atom is -0.493 e. The monoisotopic (exact) mass is 339 g/mol. The first kappa shape index (κ1) is 17.7. The van der Waals surface area contributed by atoms with Gasteiger partial charge in [0.05, 0.1) is 13.2 Å². The lowest BCUT2D eigenvalue weighted by Gasteiger charge is -2.10. The van der Waals surface area contributed by atoms with Gasteiger partial charge in [0.25, 0.3) is 5.91 Å². The number of benzene rings is 2. The predicted octanol–water partition coefficient (Wildman–Crippen LogP) is 3.44. The molecule has 2 N–H and O–H groups in total. The molecule has 0 aromatic heterocycles. The van der Waals surface area contributed by atoms with Crippen LogP contribution in [0.5, 0.6) is 11.5 Å². The SMILES string of the molecule is NC(=O)c1c(F)ccc(OCCCCOc2cccc(F)c2)c1F. The minimum absolute atomic E-state index is 0.146. The van der Waals surface area contributed by atoms with Crippen LogP contribution in [0, 0.1) is 17.5 Å². The van der Waals surface area contributed by atoms with E-state index in [4.69, 9.17) is 15.2 Å². The van der Waals surface area contributed by atoms with E-state index in [1.165, 1.54) is 12.1 Å². The quantitative estimate of drug-likeness (QED) is 0.750. The van der Waals surface area contributed by atoms with Crippen molar-refractivity contribution < 1.29 is 27.4 Å². The number of hydrogen-bond acceptors (Lipinski definition) is 3. The smallest absolute Gasteiger partial charge is 0.254 e. The maximum Gasteiger partial charge on any atom is 0.254 e. The molecule has 0 aliphatic carbocycles. The summed E-state index contributed by atoms with van der Waals surface area (Å²) in [6, 6.07) is 7.79. The summed E-state index contributed by atoms with van der Waals surface area (Å²) in [5.41, 5.74) is 4.11. The molecule has 0 fully saturated rings. The molecule has 2 aromatic carbocycles. The molecule has 1 amide bonds. The third kappa shape index (κ3) is 4.65. The maximum atomic E-state index is 13.9. The zero-order valence-electron chi connectivity index (χ0n) is 12.7. The number of unbranched alkanes of at least 4 members (excludes halogenated alkanes) is 1. The van der Waals surface area contributed by atoms with Gasteiger partial charge in [-0.05, 0) is 37.1 Å². The summed E-state index contributed by atoms with van der Waals surface area (Å²) in [6.07, 6.45) is 1.11. The molecule has 2 rings (SSSR count). The van der Waals surface area contributed by atoms with Gasteiger partial charge in [0.1, 0.15) is 22.9 Å². The average molecular weight is 339 g/mol. The Morgan fingerprint density at radius 1 is 1.00 bits per heavy atom. The van der Waals surface area contributed by atoms with Gasteiger partial charge in [-0.1, -0.05) is 6.07 Å². The summed E-state index contributed by atoms with van der Waals surface area (Å²) in [5.74, 6) is -3.54. The molecule has 0 saturated carbocycles. The van der Waals surface area contributed by atoms with Crippen molar-refractivity contribution >= 4 is 5.91 Å². The Labute approximate surface area is 137 Å². The van der Waals surface area contributed by atoms with E-state index in [2.05, 4.69) is 0 Å². The second-order valence-electron chi connectivity index (χ2n) is 4.96. The fourth-order valence-corrected chi connectivity index (χ4v) is 2.00. The predicted molar refractivity (Wildman–Crippen MR) is 81.5 cm³/mol. The van der Waals surface area contributed by atoms with Crippen molar-refractivity contribution in [3.8, 4) is 11.5 Å². The standard InChI is InChI=1S/C17H16F3NO3/c18-11-4-3-5-12(10-11)23-8-1-2-9-24-14-7-6-13(19)15(16(14)20)17(21)22/h3-7,10H,1-2,8-9H2,(H2,21,22). The first-order valence-corrected chi connectivity index (χ1v) is 7.28. The van der Waals surface area contributed by atoms with Crippen molar-refractivity contribution in [3.05, 3.63) is 59.4 Å². The number of primary amides is 1. The van der Waals surface area contributed by atoms with Crippen molar-refractivity contribution in [2.75, 3.05) is 13.2 Å². The molecule has 0 aliphatic rings. The zero-order valence-corrected chi connectivity index (χ0v) is 12.7. The van der Waals surface area contributed by atoms with E-state index < -0.39 is 23.1 Å². The van der Waals surface area contributed by atoms with Crippen molar-refractivity contribution in [3.63, 3.8) is 0 Å². The van der Waals surface area contributed by atoms with Crippen LogP contribution in [0.15, 0.2) is 36.4 Å². The van der Waals surface area contributed by atoms with E-state index >= 15 is 0 Å². The van der Waals surface area contributed by atoms with Gasteiger partial charge in [-0.2, -0.15) is 0 Å². The molecule has 0 bridgehead atoms. The van der Waals surface area contributed by atoms with E-state index in [0.717, 1.165) is 12.1 Å². The van der Waals surface area contributed by atoms with E-state index in [1.54, 1.807) is 12.1 Å². The normalized spacial score (nSPS) is 10.5. The van der Waals surface area contributed by atoms with E-state index in [-0.39, 0.29) is 18.2 Å². The van der Waals surface area contributed by atoms with E-state index in [1.807, 2.05) is 0 Å².